The monoisotopic (exact) mass is 468 g/mol. The summed E-state index contributed by atoms with van der Waals surface area (Å²) in [5, 5.41) is 2.95. The van der Waals surface area contributed by atoms with E-state index in [-0.39, 0.29) is 16.8 Å². The number of esters is 1. The first-order valence-electron chi connectivity index (χ1n) is 10.1. The van der Waals surface area contributed by atoms with Gasteiger partial charge in [-0.3, -0.25) is 4.72 Å². The van der Waals surface area contributed by atoms with Crippen LogP contribution < -0.4 is 10.0 Å². The van der Waals surface area contributed by atoms with Crippen molar-refractivity contribution in [3.05, 3.63) is 78.1 Å². The molecular weight excluding hydrogens is 447 g/mol. The topological polar surface area (TPSA) is 113 Å². The highest BCUT2D eigenvalue weighted by Crippen LogP contribution is 2.23. The average Bonchev–Trinajstić information content (AvgIpc) is 3.15. The molecule has 8 nitrogen and oxygen atoms in total. The van der Waals surface area contributed by atoms with E-state index < -0.39 is 16.0 Å². The van der Waals surface area contributed by atoms with Crippen LogP contribution in [0.25, 0.3) is 11.0 Å². The van der Waals surface area contributed by atoms with E-state index in [1.165, 1.54) is 48.5 Å². The molecule has 33 heavy (non-hydrogen) atoms. The van der Waals surface area contributed by atoms with E-state index in [1.54, 1.807) is 32.0 Å². The summed E-state index contributed by atoms with van der Waals surface area (Å²) in [5.74, 6) is -0.520. The number of benzene rings is 3. The van der Waals surface area contributed by atoms with Crippen molar-refractivity contribution < 1.29 is 22.3 Å². The number of carbonyl (C=O) groups is 1. The number of sulfonamides is 1. The van der Waals surface area contributed by atoms with Crippen LogP contribution in [0.4, 0.5) is 21.7 Å². The SMILES string of the molecule is CC(C)OC(=O)c1ccc(NS(=O)(=O)c2ccc3[nH]c(Nc4cccc(F)c4)nc3c2)cc1. The van der Waals surface area contributed by atoms with Crippen molar-refractivity contribution in [3.63, 3.8) is 0 Å². The molecule has 0 amide bonds. The van der Waals surface area contributed by atoms with Crippen LogP contribution in [0.2, 0.25) is 0 Å². The van der Waals surface area contributed by atoms with Gasteiger partial charge in [0.25, 0.3) is 10.0 Å². The summed E-state index contributed by atoms with van der Waals surface area (Å²) >= 11 is 0. The average molecular weight is 469 g/mol. The Bertz CT molecular complexity index is 1420. The molecule has 3 N–H and O–H groups in total. The number of aromatic amines is 1. The lowest BCUT2D eigenvalue weighted by atomic mass is 10.2. The predicted molar refractivity (Wildman–Crippen MR) is 124 cm³/mol. The number of nitrogens with zero attached hydrogens (tertiary/aromatic N) is 1. The molecule has 0 fully saturated rings. The highest BCUT2D eigenvalue weighted by Gasteiger charge is 2.17. The molecule has 170 valence electrons. The predicted octanol–water partition coefficient (Wildman–Crippen LogP) is 4.81. The van der Waals surface area contributed by atoms with Crippen molar-refractivity contribution in [2.45, 2.75) is 24.8 Å². The van der Waals surface area contributed by atoms with Crippen molar-refractivity contribution >= 4 is 44.3 Å². The summed E-state index contributed by atoms with van der Waals surface area (Å²) in [6.45, 7) is 3.49. The number of hydrogen-bond donors (Lipinski definition) is 3. The number of H-pyrrole nitrogens is 1. The highest BCUT2D eigenvalue weighted by atomic mass is 32.2. The minimum absolute atomic E-state index is 0.0158. The molecule has 1 heterocycles. The smallest absolute Gasteiger partial charge is 0.338 e. The first-order valence-corrected chi connectivity index (χ1v) is 11.5. The minimum Gasteiger partial charge on any atom is -0.459 e. The van der Waals surface area contributed by atoms with Gasteiger partial charge in [0.05, 0.1) is 27.6 Å². The number of halogens is 1. The summed E-state index contributed by atoms with van der Waals surface area (Å²) < 4.78 is 46.7. The molecule has 0 aliphatic carbocycles. The van der Waals surface area contributed by atoms with Gasteiger partial charge >= 0.3 is 5.97 Å². The van der Waals surface area contributed by atoms with Gasteiger partial charge in [-0.1, -0.05) is 6.07 Å². The Hall–Kier alpha value is -3.92. The van der Waals surface area contributed by atoms with E-state index in [0.29, 0.717) is 33.9 Å². The number of aromatic nitrogens is 2. The van der Waals surface area contributed by atoms with Crippen molar-refractivity contribution in [1.82, 2.24) is 9.97 Å². The Balaban J connectivity index is 1.52. The van der Waals surface area contributed by atoms with Crippen molar-refractivity contribution in [2.75, 3.05) is 10.0 Å². The molecule has 3 aromatic carbocycles. The fourth-order valence-electron chi connectivity index (χ4n) is 3.09. The zero-order valence-electron chi connectivity index (χ0n) is 17.8. The zero-order valence-corrected chi connectivity index (χ0v) is 18.6. The van der Waals surface area contributed by atoms with Gasteiger partial charge < -0.3 is 15.0 Å². The Morgan fingerprint density at radius 1 is 1.03 bits per heavy atom. The normalized spacial score (nSPS) is 11.5. The molecule has 1 aromatic heterocycles. The minimum atomic E-state index is -3.90. The number of fused-ring (bicyclic) bond motifs is 1. The van der Waals surface area contributed by atoms with Crippen molar-refractivity contribution in [1.29, 1.82) is 0 Å². The van der Waals surface area contributed by atoms with Crippen LogP contribution >= 0.6 is 0 Å². The molecule has 4 rings (SSSR count). The quantitative estimate of drug-likeness (QED) is 0.336. The summed E-state index contributed by atoms with van der Waals surface area (Å²) in [4.78, 5) is 19.3. The highest BCUT2D eigenvalue weighted by molar-refractivity contribution is 7.92. The molecule has 0 bridgehead atoms. The van der Waals surface area contributed by atoms with Gasteiger partial charge in [0.1, 0.15) is 5.82 Å². The molecular formula is C23H21FN4O4S. The maximum atomic E-state index is 13.4. The van der Waals surface area contributed by atoms with Gasteiger partial charge in [-0.05, 0) is 74.5 Å². The number of imidazole rings is 1. The number of carbonyl (C=O) groups excluding carboxylic acids is 1. The molecule has 0 aliphatic rings. The van der Waals surface area contributed by atoms with Crippen LogP contribution in [-0.2, 0) is 14.8 Å². The maximum Gasteiger partial charge on any atom is 0.338 e. The van der Waals surface area contributed by atoms with Crippen LogP contribution in [0.1, 0.15) is 24.2 Å². The lowest BCUT2D eigenvalue weighted by molar-refractivity contribution is 0.0378. The lowest BCUT2D eigenvalue weighted by Gasteiger charge is -2.10. The maximum absolute atomic E-state index is 13.4. The van der Waals surface area contributed by atoms with Gasteiger partial charge in [0.15, 0.2) is 0 Å². The van der Waals surface area contributed by atoms with E-state index in [2.05, 4.69) is 20.0 Å². The third-order valence-corrected chi connectivity index (χ3v) is 5.95. The number of anilines is 3. The second kappa shape index (κ2) is 8.91. The number of hydrogen-bond acceptors (Lipinski definition) is 6. The van der Waals surface area contributed by atoms with Gasteiger partial charge in [-0.25, -0.2) is 22.6 Å². The Kier molecular flexibility index (Phi) is 6.01. The van der Waals surface area contributed by atoms with Crippen LogP contribution in [-0.4, -0.2) is 30.5 Å². The van der Waals surface area contributed by atoms with Crippen LogP contribution in [0.3, 0.4) is 0 Å². The van der Waals surface area contributed by atoms with Gasteiger partial charge in [-0.15, -0.1) is 0 Å². The molecule has 0 atom stereocenters. The summed E-state index contributed by atoms with van der Waals surface area (Å²) in [6, 6.07) is 16.3. The molecule has 0 aliphatic heterocycles. The van der Waals surface area contributed by atoms with Gasteiger partial charge in [-0.2, -0.15) is 0 Å². The molecule has 0 radical (unpaired) electrons. The van der Waals surface area contributed by atoms with Crippen molar-refractivity contribution in [3.8, 4) is 0 Å². The second-order valence-corrected chi connectivity index (χ2v) is 9.22. The van der Waals surface area contributed by atoms with Crippen molar-refractivity contribution in [2.24, 2.45) is 0 Å². The fourth-order valence-corrected chi connectivity index (χ4v) is 4.16. The van der Waals surface area contributed by atoms with Gasteiger partial charge in [0, 0.05) is 11.4 Å². The van der Waals surface area contributed by atoms with E-state index in [1.807, 2.05) is 0 Å². The van der Waals surface area contributed by atoms with Crippen LogP contribution in [0.5, 0.6) is 0 Å². The summed E-state index contributed by atoms with van der Waals surface area (Å²) in [7, 11) is -3.90. The van der Waals surface area contributed by atoms with Gasteiger partial charge in [0.2, 0.25) is 5.95 Å². The van der Waals surface area contributed by atoms with Crippen LogP contribution in [0.15, 0.2) is 71.6 Å². The lowest BCUT2D eigenvalue weighted by Crippen LogP contribution is -2.14. The van der Waals surface area contributed by atoms with E-state index in [0.717, 1.165) is 0 Å². The molecule has 0 saturated carbocycles. The molecule has 0 unspecified atom stereocenters. The molecule has 4 aromatic rings. The standard InChI is InChI=1S/C23H21FN4O4S/c1-14(2)32-22(29)15-6-8-17(9-7-15)28-33(30,31)19-10-11-20-21(13-19)27-23(26-20)25-18-5-3-4-16(24)12-18/h3-14,28H,1-2H3,(H2,25,26,27). The first kappa shape index (κ1) is 22.3. The number of rotatable bonds is 7. The van der Waals surface area contributed by atoms with E-state index in [9.17, 15) is 17.6 Å². The molecule has 0 saturated heterocycles. The van der Waals surface area contributed by atoms with Crippen LogP contribution in [0, 0.1) is 5.82 Å². The van der Waals surface area contributed by atoms with E-state index in [4.69, 9.17) is 4.74 Å². The number of nitrogens with one attached hydrogen (secondary N) is 3. The zero-order chi connectivity index (χ0) is 23.6. The fraction of sp³-hybridized carbons (Fsp3) is 0.130. The third kappa shape index (κ3) is 5.29. The van der Waals surface area contributed by atoms with E-state index >= 15 is 0 Å². The summed E-state index contributed by atoms with van der Waals surface area (Å²) in [6.07, 6.45) is -0.253. The molecule has 0 spiro atoms. The summed E-state index contributed by atoms with van der Waals surface area (Å²) in [5.41, 5.74) is 2.16. The number of ether oxygens (including phenoxy) is 1. The Morgan fingerprint density at radius 3 is 2.48 bits per heavy atom. The Morgan fingerprint density at radius 2 is 1.79 bits per heavy atom. The first-order chi connectivity index (χ1) is 15.7. The molecule has 10 heteroatoms. The third-order valence-electron chi connectivity index (χ3n) is 4.57. The second-order valence-electron chi connectivity index (χ2n) is 7.54. The Labute approximate surface area is 189 Å². The largest absolute Gasteiger partial charge is 0.459 e.